The van der Waals surface area contributed by atoms with Gasteiger partial charge in [0.2, 0.25) is 0 Å². The van der Waals surface area contributed by atoms with Gasteiger partial charge in [-0.05, 0) is 67.6 Å². The van der Waals surface area contributed by atoms with Crippen LogP contribution in [-0.2, 0) is 59.3 Å². The zero-order valence-corrected chi connectivity index (χ0v) is 38.3. The molecule has 274 valence electrons. The van der Waals surface area contributed by atoms with Crippen molar-refractivity contribution >= 4 is 17.9 Å². The van der Waals surface area contributed by atoms with E-state index < -0.39 is 37.2 Å². The van der Waals surface area contributed by atoms with E-state index in [1.54, 1.807) is 12.1 Å². The minimum Gasteiger partial charge on any atom is -0.550 e. The summed E-state index contributed by atoms with van der Waals surface area (Å²) in [5.74, 6) is -3.87. The van der Waals surface area contributed by atoms with Gasteiger partial charge in [0.15, 0.2) is 0 Å². The van der Waals surface area contributed by atoms with Crippen molar-refractivity contribution < 1.29 is 138 Å². The molecule has 0 unspecified atom stereocenters. The molecule has 5 rings (SSSR count). The Balaban J connectivity index is 0.00000348. The van der Waals surface area contributed by atoms with Crippen LogP contribution in [0, 0.1) is 0 Å². The van der Waals surface area contributed by atoms with Gasteiger partial charge < -0.3 is 49.8 Å². The van der Waals surface area contributed by atoms with Crippen LogP contribution in [0.4, 0.5) is 0 Å². The summed E-state index contributed by atoms with van der Waals surface area (Å²) in [5, 5.41) is 70.0. The number of carbonyl (C=O) groups is 3. The number of fused-ring (bicyclic) bond motifs is 8. The van der Waals surface area contributed by atoms with Crippen LogP contribution in [0.25, 0.3) is 0 Å². The van der Waals surface area contributed by atoms with Crippen LogP contribution >= 0.6 is 0 Å². The molecule has 0 aromatic heterocycles. The summed E-state index contributed by atoms with van der Waals surface area (Å²) in [6.45, 7) is 2.58. The maximum Gasteiger partial charge on any atom is 1.00 e. The maximum absolute atomic E-state index is 11.7. The summed E-state index contributed by atoms with van der Waals surface area (Å²) in [6.07, 6.45) is 5.10. The molecule has 1 aliphatic carbocycles. The van der Waals surface area contributed by atoms with Gasteiger partial charge in [-0.3, -0.25) is 0 Å². The number of hydrogen-bond acceptors (Lipinski definition) is 10. The van der Waals surface area contributed by atoms with Gasteiger partial charge in [-0.25, -0.2) is 0 Å². The second-order valence-electron chi connectivity index (χ2n) is 13.7. The molecule has 0 radical (unpaired) electrons. The van der Waals surface area contributed by atoms with Crippen molar-refractivity contribution in [3.8, 4) is 23.0 Å². The molecule has 0 saturated carbocycles. The Labute approximate surface area is 388 Å². The average molecular weight is 777 g/mol. The van der Waals surface area contributed by atoms with E-state index in [1.807, 2.05) is 18.2 Å². The molecule has 8 bridgehead atoms. The summed E-state index contributed by atoms with van der Waals surface area (Å²) in [6, 6.07) is 14.8. The Morgan fingerprint density at radius 1 is 0.527 bits per heavy atom. The van der Waals surface area contributed by atoms with E-state index in [1.165, 1.54) is 30.7 Å². The summed E-state index contributed by atoms with van der Waals surface area (Å²) in [5.41, 5.74) is 4.39. The van der Waals surface area contributed by atoms with E-state index in [4.69, 9.17) is 4.74 Å². The number of carboxylic acid groups (broad SMARTS) is 3. The molecular weight excluding hydrogens is 733 g/mol. The Morgan fingerprint density at radius 3 is 1.16 bits per heavy atom. The van der Waals surface area contributed by atoms with Crippen LogP contribution in [-0.4, -0.2) is 39.8 Å². The first-order valence-electron chi connectivity index (χ1n) is 17.8. The van der Waals surface area contributed by atoms with Gasteiger partial charge in [0.05, 0.1) is 6.61 Å². The molecule has 3 N–H and O–H groups in total. The molecule has 0 saturated heterocycles. The third-order valence-corrected chi connectivity index (χ3v) is 9.47. The Bertz CT molecular complexity index is 1860. The number of unbranched alkanes of at least 4 members (excludes halogenated alkanes) is 5. The van der Waals surface area contributed by atoms with Crippen LogP contribution in [0.5, 0.6) is 23.0 Å². The van der Waals surface area contributed by atoms with Crippen LogP contribution < -0.4 is 109 Å². The van der Waals surface area contributed by atoms with Crippen molar-refractivity contribution in [2.45, 2.75) is 90.4 Å². The largest absolute Gasteiger partial charge is 1.00 e. The second kappa shape index (κ2) is 23.0. The number of carboxylic acids is 3. The minimum atomic E-state index is -1.36. The van der Waals surface area contributed by atoms with Gasteiger partial charge in [0, 0.05) is 62.9 Å². The van der Waals surface area contributed by atoms with E-state index in [0.717, 1.165) is 32.1 Å². The van der Waals surface area contributed by atoms with E-state index in [2.05, 4.69) is 6.92 Å². The smallest absolute Gasteiger partial charge is 0.550 e. The number of phenolic OH excluding ortho intramolecular Hbond substituents is 3. The average Bonchev–Trinajstić information content (AvgIpc) is 3.06. The standard InChI is InChI=1S/C42H46O10.3Na/c1-2-3-4-5-6-7-11-52-42-28-9-8-10-29(42)22-31-13-26(19-37(45)46)15-33(40(31)50)24-35-17-27(20-38(47)48)16-34(41(35)51)23-32-14-25(18-36(43)44)12-30(21-28)39(32)49;;;/h8-10,12-17,49-51H,2-7,11,18-24H2,1H3,(H,43,44)(H,45,46)(H,47,48);;;/q;3*+1/p-3. The SMILES string of the molecule is CCCCCCCCOc1c2cccc1Cc1cc(CC(=O)[O-])cc(c1O)Cc1cc(CC(=O)[O-])cc(c1O)Cc1cc(CC(=O)[O-])cc(c1O)C2.[Na+].[Na+].[Na+]. The summed E-state index contributed by atoms with van der Waals surface area (Å²) >= 11 is 0. The maximum atomic E-state index is 11.7. The molecule has 0 amide bonds. The van der Waals surface area contributed by atoms with Crippen LogP contribution in [0.3, 0.4) is 0 Å². The van der Waals surface area contributed by atoms with Crippen LogP contribution in [0.1, 0.15) is 107 Å². The number of hydrogen-bond donors (Lipinski definition) is 3. The number of carbonyl (C=O) groups excluding carboxylic acids is 3. The second-order valence-corrected chi connectivity index (χ2v) is 13.7. The number of ether oxygens (including phenoxy) is 1. The topological polar surface area (TPSA) is 190 Å². The fourth-order valence-corrected chi connectivity index (χ4v) is 7.09. The van der Waals surface area contributed by atoms with Crippen molar-refractivity contribution in [3.63, 3.8) is 0 Å². The molecule has 55 heavy (non-hydrogen) atoms. The van der Waals surface area contributed by atoms with E-state index in [0.29, 0.717) is 62.4 Å². The van der Waals surface area contributed by atoms with Gasteiger partial charge in [0.25, 0.3) is 0 Å². The predicted octanol–water partition coefficient (Wildman–Crippen LogP) is -5.89. The number of rotatable bonds is 14. The van der Waals surface area contributed by atoms with Crippen LogP contribution in [0.2, 0.25) is 0 Å². The van der Waals surface area contributed by atoms with Crippen LogP contribution in [0.15, 0.2) is 54.6 Å². The Kier molecular flexibility index (Phi) is 20.4. The van der Waals surface area contributed by atoms with Gasteiger partial charge in [-0.15, -0.1) is 0 Å². The number of phenols is 3. The fraction of sp³-hybridized carbons (Fsp3) is 0.357. The third kappa shape index (κ3) is 13.5. The molecule has 13 heteroatoms. The molecular formula is C42H43Na3O10. The van der Waals surface area contributed by atoms with Crippen molar-refractivity contribution in [2.75, 3.05) is 6.61 Å². The summed E-state index contributed by atoms with van der Waals surface area (Å²) in [7, 11) is 0. The Hall–Kier alpha value is -2.51. The minimum absolute atomic E-state index is 0. The normalized spacial score (nSPS) is 11.7. The monoisotopic (exact) mass is 776 g/mol. The number of para-hydroxylation sites is 1. The van der Waals surface area contributed by atoms with Gasteiger partial charge >= 0.3 is 88.7 Å². The molecule has 4 aromatic carbocycles. The van der Waals surface area contributed by atoms with Crippen molar-refractivity contribution in [3.05, 3.63) is 116 Å². The number of aliphatic carboxylic acids is 3. The number of aromatic hydroxyl groups is 3. The summed E-state index contributed by atoms with van der Waals surface area (Å²) in [4.78, 5) is 35.1. The third-order valence-electron chi connectivity index (χ3n) is 9.47. The molecule has 4 aromatic rings. The molecule has 1 aliphatic rings. The van der Waals surface area contributed by atoms with Crippen molar-refractivity contribution in [2.24, 2.45) is 0 Å². The first-order valence-corrected chi connectivity index (χ1v) is 17.8. The number of benzene rings is 4. The zero-order valence-electron chi connectivity index (χ0n) is 32.3. The fourth-order valence-electron chi connectivity index (χ4n) is 7.09. The van der Waals surface area contributed by atoms with E-state index >= 15 is 0 Å². The Morgan fingerprint density at radius 2 is 0.836 bits per heavy atom. The molecule has 0 atom stereocenters. The molecule has 0 aliphatic heterocycles. The molecule has 0 heterocycles. The van der Waals surface area contributed by atoms with E-state index in [-0.39, 0.29) is 143 Å². The summed E-state index contributed by atoms with van der Waals surface area (Å²) < 4.78 is 6.47. The first kappa shape index (κ1) is 48.6. The zero-order chi connectivity index (χ0) is 37.4. The molecule has 0 fully saturated rings. The predicted molar refractivity (Wildman–Crippen MR) is 187 cm³/mol. The quantitative estimate of drug-likeness (QED) is 0.0724. The van der Waals surface area contributed by atoms with Crippen molar-refractivity contribution in [1.29, 1.82) is 0 Å². The first-order chi connectivity index (χ1) is 24.9. The molecule has 10 nitrogen and oxygen atoms in total. The van der Waals surface area contributed by atoms with Gasteiger partial charge in [0.1, 0.15) is 23.0 Å². The van der Waals surface area contributed by atoms with Gasteiger partial charge in [-0.2, -0.15) is 0 Å². The molecule has 0 spiro atoms. The van der Waals surface area contributed by atoms with Gasteiger partial charge in [-0.1, -0.05) is 93.6 Å². The van der Waals surface area contributed by atoms with E-state index in [9.17, 15) is 45.0 Å². The van der Waals surface area contributed by atoms with Crippen molar-refractivity contribution in [1.82, 2.24) is 0 Å².